The van der Waals surface area contributed by atoms with Gasteiger partial charge in [-0.05, 0) is 12.8 Å². The number of hydrogen-bond acceptors (Lipinski definition) is 3. The summed E-state index contributed by atoms with van der Waals surface area (Å²) in [7, 11) is 0. The van der Waals surface area contributed by atoms with Gasteiger partial charge in [0.25, 0.3) is 0 Å². The minimum Gasteiger partial charge on any atom is -0.393 e. The summed E-state index contributed by atoms with van der Waals surface area (Å²) >= 11 is 0. The maximum Gasteiger partial charge on any atom is 0.0932 e. The molecule has 3 nitrogen and oxygen atoms in total. The first-order valence-corrected chi connectivity index (χ1v) is 4.23. The third-order valence-corrected chi connectivity index (χ3v) is 2.85. The van der Waals surface area contributed by atoms with E-state index in [0.29, 0.717) is 19.4 Å². The number of aliphatic hydroxyl groups excluding tert-OH is 1. The molecule has 0 aromatic rings. The second-order valence-electron chi connectivity index (χ2n) is 3.64. The maximum atomic E-state index is 9.89. The van der Waals surface area contributed by atoms with E-state index in [1.807, 2.05) is 0 Å². The summed E-state index contributed by atoms with van der Waals surface area (Å²) in [4.78, 5) is 0. The van der Waals surface area contributed by atoms with E-state index in [1.165, 1.54) is 0 Å². The topological polar surface area (TPSA) is 49.7 Å². The highest BCUT2D eigenvalue weighted by Crippen LogP contribution is 2.37. The van der Waals surface area contributed by atoms with Gasteiger partial charge in [-0.1, -0.05) is 0 Å². The summed E-state index contributed by atoms with van der Waals surface area (Å²) < 4.78 is 5.32. The lowest BCUT2D eigenvalue weighted by Crippen LogP contribution is -2.44. The standard InChI is InChI=1S/C8H14O3/c9-6-1-2-8(10)3-4-11-7(8)5-6/h6-7,9-10H,1-5H2/t6?,7?,8-/m0/s1. The van der Waals surface area contributed by atoms with Gasteiger partial charge in [0.2, 0.25) is 0 Å². The Morgan fingerprint density at radius 2 is 2.18 bits per heavy atom. The summed E-state index contributed by atoms with van der Waals surface area (Å²) in [5, 5.41) is 19.2. The fourth-order valence-corrected chi connectivity index (χ4v) is 2.05. The molecule has 0 aromatic heterocycles. The molecule has 1 aliphatic carbocycles. The predicted octanol–water partition coefficient (Wildman–Crippen LogP) is 0.0512. The largest absolute Gasteiger partial charge is 0.393 e. The predicted molar refractivity (Wildman–Crippen MR) is 39.2 cm³/mol. The minimum atomic E-state index is -0.612. The van der Waals surface area contributed by atoms with Crippen molar-refractivity contribution >= 4 is 0 Å². The van der Waals surface area contributed by atoms with E-state index in [4.69, 9.17) is 4.74 Å². The summed E-state index contributed by atoms with van der Waals surface area (Å²) in [5.41, 5.74) is -0.612. The SMILES string of the molecule is OC1CC[C@]2(O)CCOC2C1. The molecule has 64 valence electrons. The molecule has 0 aromatic carbocycles. The number of rotatable bonds is 0. The van der Waals surface area contributed by atoms with Crippen LogP contribution in [0.25, 0.3) is 0 Å². The molecule has 1 heterocycles. The van der Waals surface area contributed by atoms with Crippen LogP contribution in [-0.4, -0.2) is 34.6 Å². The van der Waals surface area contributed by atoms with Crippen molar-refractivity contribution in [3.8, 4) is 0 Å². The van der Waals surface area contributed by atoms with Gasteiger partial charge in [-0.25, -0.2) is 0 Å². The first-order valence-electron chi connectivity index (χ1n) is 4.23. The van der Waals surface area contributed by atoms with Gasteiger partial charge < -0.3 is 14.9 Å². The van der Waals surface area contributed by atoms with Crippen LogP contribution in [0.5, 0.6) is 0 Å². The van der Waals surface area contributed by atoms with E-state index in [-0.39, 0.29) is 12.2 Å². The molecule has 11 heavy (non-hydrogen) atoms. The first kappa shape index (κ1) is 7.53. The fraction of sp³-hybridized carbons (Fsp3) is 1.00. The molecule has 0 bridgehead atoms. The highest BCUT2D eigenvalue weighted by atomic mass is 16.5. The molecule has 3 heteroatoms. The normalized spacial score (nSPS) is 50.7. The Balaban J connectivity index is 2.08. The summed E-state index contributed by atoms with van der Waals surface area (Å²) in [6, 6.07) is 0. The molecule has 1 saturated carbocycles. The number of hydrogen-bond donors (Lipinski definition) is 2. The van der Waals surface area contributed by atoms with E-state index >= 15 is 0 Å². The molecule has 1 aliphatic heterocycles. The Labute approximate surface area is 66.0 Å². The van der Waals surface area contributed by atoms with Crippen molar-refractivity contribution in [1.82, 2.24) is 0 Å². The van der Waals surface area contributed by atoms with Crippen LogP contribution in [0.4, 0.5) is 0 Å². The van der Waals surface area contributed by atoms with Gasteiger partial charge in [-0.15, -0.1) is 0 Å². The Bertz CT molecular complexity index is 159. The Kier molecular flexibility index (Phi) is 1.67. The average Bonchev–Trinajstić information content (AvgIpc) is 2.31. The van der Waals surface area contributed by atoms with Gasteiger partial charge in [0, 0.05) is 19.4 Å². The van der Waals surface area contributed by atoms with E-state index in [2.05, 4.69) is 0 Å². The van der Waals surface area contributed by atoms with Gasteiger partial charge in [0.15, 0.2) is 0 Å². The lowest BCUT2D eigenvalue weighted by Gasteiger charge is -2.35. The highest BCUT2D eigenvalue weighted by molar-refractivity contribution is 4.97. The second kappa shape index (κ2) is 2.44. The lowest BCUT2D eigenvalue weighted by atomic mass is 9.80. The van der Waals surface area contributed by atoms with Crippen molar-refractivity contribution in [2.45, 2.75) is 43.5 Å². The van der Waals surface area contributed by atoms with E-state index < -0.39 is 5.60 Å². The molecule has 2 unspecified atom stereocenters. The van der Waals surface area contributed by atoms with Crippen molar-refractivity contribution in [2.24, 2.45) is 0 Å². The van der Waals surface area contributed by atoms with Crippen LogP contribution in [0.15, 0.2) is 0 Å². The minimum absolute atomic E-state index is 0.105. The summed E-state index contributed by atoms with van der Waals surface area (Å²) in [5.74, 6) is 0. The van der Waals surface area contributed by atoms with Crippen LogP contribution in [0, 0.1) is 0 Å². The summed E-state index contributed by atoms with van der Waals surface area (Å²) in [6.07, 6.45) is 2.39. The Morgan fingerprint density at radius 1 is 1.36 bits per heavy atom. The van der Waals surface area contributed by atoms with E-state index in [0.717, 1.165) is 12.8 Å². The zero-order valence-electron chi connectivity index (χ0n) is 6.49. The van der Waals surface area contributed by atoms with Gasteiger partial charge in [0.1, 0.15) is 0 Å². The summed E-state index contributed by atoms with van der Waals surface area (Å²) in [6.45, 7) is 0.647. The van der Waals surface area contributed by atoms with Gasteiger partial charge >= 0.3 is 0 Å². The molecule has 0 radical (unpaired) electrons. The number of fused-ring (bicyclic) bond motifs is 1. The number of aliphatic hydroxyl groups is 2. The van der Waals surface area contributed by atoms with Crippen molar-refractivity contribution in [2.75, 3.05) is 6.61 Å². The van der Waals surface area contributed by atoms with Crippen LogP contribution in [0.2, 0.25) is 0 Å². The van der Waals surface area contributed by atoms with Crippen molar-refractivity contribution in [1.29, 1.82) is 0 Å². The van der Waals surface area contributed by atoms with Gasteiger partial charge in [0.05, 0.1) is 17.8 Å². The third kappa shape index (κ3) is 1.17. The van der Waals surface area contributed by atoms with Gasteiger partial charge in [-0.2, -0.15) is 0 Å². The molecule has 0 spiro atoms. The van der Waals surface area contributed by atoms with Gasteiger partial charge in [-0.3, -0.25) is 0 Å². The lowest BCUT2D eigenvalue weighted by molar-refractivity contribution is -0.0935. The second-order valence-corrected chi connectivity index (χ2v) is 3.64. The van der Waals surface area contributed by atoms with Crippen molar-refractivity contribution in [3.05, 3.63) is 0 Å². The van der Waals surface area contributed by atoms with Crippen LogP contribution in [0.3, 0.4) is 0 Å². The number of ether oxygens (including phenoxy) is 1. The van der Waals surface area contributed by atoms with E-state index in [1.54, 1.807) is 0 Å². The van der Waals surface area contributed by atoms with Crippen LogP contribution in [0.1, 0.15) is 25.7 Å². The first-order chi connectivity index (χ1) is 5.21. The smallest absolute Gasteiger partial charge is 0.0932 e. The van der Waals surface area contributed by atoms with E-state index in [9.17, 15) is 10.2 Å². The van der Waals surface area contributed by atoms with Crippen LogP contribution in [-0.2, 0) is 4.74 Å². The zero-order chi connectivity index (χ0) is 7.90. The fourth-order valence-electron chi connectivity index (χ4n) is 2.05. The third-order valence-electron chi connectivity index (χ3n) is 2.85. The molecule has 0 amide bonds. The molecule has 2 fully saturated rings. The van der Waals surface area contributed by atoms with Crippen molar-refractivity contribution in [3.63, 3.8) is 0 Å². The molecule has 1 saturated heterocycles. The van der Waals surface area contributed by atoms with Crippen molar-refractivity contribution < 1.29 is 14.9 Å². The molecule has 2 N–H and O–H groups in total. The van der Waals surface area contributed by atoms with Crippen LogP contribution < -0.4 is 0 Å². The average molecular weight is 158 g/mol. The molecule has 3 atom stereocenters. The molecular weight excluding hydrogens is 144 g/mol. The molecule has 2 rings (SSSR count). The Hall–Kier alpha value is -0.120. The Morgan fingerprint density at radius 3 is 3.00 bits per heavy atom. The molecule has 2 aliphatic rings. The zero-order valence-corrected chi connectivity index (χ0v) is 6.49. The monoisotopic (exact) mass is 158 g/mol. The maximum absolute atomic E-state index is 9.89. The van der Waals surface area contributed by atoms with Crippen LogP contribution >= 0.6 is 0 Å². The molecular formula is C8H14O3. The highest BCUT2D eigenvalue weighted by Gasteiger charge is 2.46. The quantitative estimate of drug-likeness (QED) is 0.523.